The Morgan fingerprint density at radius 2 is 1.93 bits per heavy atom. The van der Waals surface area contributed by atoms with Crippen LogP contribution in [0.4, 0.5) is 24.5 Å². The fraction of sp³-hybridized carbons (Fsp3) is 0.167. The van der Waals surface area contributed by atoms with Crippen molar-refractivity contribution in [1.29, 1.82) is 0 Å². The number of aromatic nitrogens is 2. The van der Waals surface area contributed by atoms with Crippen molar-refractivity contribution in [1.82, 2.24) is 9.55 Å². The van der Waals surface area contributed by atoms with Gasteiger partial charge in [0.25, 0.3) is 5.69 Å². The third kappa shape index (κ3) is 3.94. The monoisotopic (exact) mass is 410 g/mol. The van der Waals surface area contributed by atoms with Gasteiger partial charge in [-0.15, -0.1) is 0 Å². The molecule has 146 valence electrons. The molecule has 2 aromatic carbocycles. The number of nitrogens with one attached hydrogen (secondary N) is 1. The van der Waals surface area contributed by atoms with Crippen molar-refractivity contribution in [3.63, 3.8) is 0 Å². The van der Waals surface area contributed by atoms with Crippen molar-refractivity contribution in [2.75, 3.05) is 5.32 Å². The van der Waals surface area contributed by atoms with Crippen molar-refractivity contribution >= 4 is 23.0 Å². The predicted molar refractivity (Wildman–Crippen MR) is 98.2 cm³/mol. The normalized spacial score (nSPS) is 12.6. The summed E-state index contributed by atoms with van der Waals surface area (Å²) >= 11 is 5.77. The minimum atomic E-state index is -4.81. The maximum atomic E-state index is 13.1. The van der Waals surface area contributed by atoms with Gasteiger partial charge in [-0.2, -0.15) is 13.2 Å². The highest BCUT2D eigenvalue weighted by molar-refractivity contribution is 6.31. The van der Waals surface area contributed by atoms with Crippen LogP contribution in [0.5, 0.6) is 0 Å². The summed E-state index contributed by atoms with van der Waals surface area (Å²) in [7, 11) is 1.74. The Hall–Kier alpha value is -3.07. The van der Waals surface area contributed by atoms with E-state index >= 15 is 0 Å². The first-order chi connectivity index (χ1) is 13.2. The van der Waals surface area contributed by atoms with Crippen LogP contribution in [0.25, 0.3) is 0 Å². The van der Waals surface area contributed by atoms with Crippen molar-refractivity contribution < 1.29 is 18.1 Å². The number of rotatable bonds is 5. The number of anilines is 1. The van der Waals surface area contributed by atoms with Crippen LogP contribution in [-0.2, 0) is 13.2 Å². The third-order valence-corrected chi connectivity index (χ3v) is 4.45. The van der Waals surface area contributed by atoms with Crippen LogP contribution < -0.4 is 5.32 Å². The van der Waals surface area contributed by atoms with Gasteiger partial charge in [-0.25, -0.2) is 4.98 Å². The molecule has 0 radical (unpaired) electrons. The topological polar surface area (TPSA) is 73.0 Å². The Balaban J connectivity index is 2.12. The molecule has 3 rings (SSSR count). The Labute approximate surface area is 162 Å². The molecule has 0 aliphatic rings. The summed E-state index contributed by atoms with van der Waals surface area (Å²) in [5.41, 5.74) is -1.41. The summed E-state index contributed by atoms with van der Waals surface area (Å²) in [6, 6.07) is 9.63. The molecule has 1 unspecified atom stereocenters. The van der Waals surface area contributed by atoms with E-state index in [9.17, 15) is 23.3 Å². The Bertz CT molecular complexity index is 1010. The lowest BCUT2D eigenvalue weighted by Crippen LogP contribution is -2.18. The molecular formula is C18H14ClF3N4O2. The summed E-state index contributed by atoms with van der Waals surface area (Å²) in [6.07, 6.45) is -1.55. The number of halogens is 4. The summed E-state index contributed by atoms with van der Waals surface area (Å²) in [5, 5.41) is 13.7. The standard InChI is InChI=1S/C18H14ClF3N4O2/c1-25-8-7-23-17(25)16(11-5-3-2-4-6-11)24-14-10-13(19)12(18(20,21)22)9-15(14)26(27)28/h2-10,16,24H,1H3. The number of aryl methyl sites for hydroxylation is 1. The largest absolute Gasteiger partial charge is 0.418 e. The number of nitrogens with zero attached hydrogens (tertiary/aromatic N) is 3. The number of nitro benzene ring substituents is 1. The minimum Gasteiger partial charge on any atom is -0.366 e. The van der Waals surface area contributed by atoms with E-state index < -0.39 is 33.4 Å². The van der Waals surface area contributed by atoms with E-state index in [1.54, 1.807) is 54.3 Å². The van der Waals surface area contributed by atoms with Gasteiger partial charge in [-0.3, -0.25) is 10.1 Å². The van der Waals surface area contributed by atoms with Gasteiger partial charge in [0.05, 0.1) is 15.5 Å². The molecule has 28 heavy (non-hydrogen) atoms. The Morgan fingerprint density at radius 1 is 1.25 bits per heavy atom. The number of alkyl halides is 3. The SMILES string of the molecule is Cn1ccnc1C(Nc1cc(Cl)c(C(F)(F)F)cc1[N+](=O)[O-])c1ccccc1. The lowest BCUT2D eigenvalue weighted by atomic mass is 10.0. The van der Waals surface area contributed by atoms with Gasteiger partial charge < -0.3 is 9.88 Å². The van der Waals surface area contributed by atoms with Crippen molar-refractivity contribution in [2.45, 2.75) is 12.2 Å². The first kappa shape index (κ1) is 19.7. The van der Waals surface area contributed by atoms with Crippen molar-refractivity contribution in [3.8, 4) is 0 Å². The molecule has 0 aliphatic heterocycles. The van der Waals surface area contributed by atoms with E-state index in [-0.39, 0.29) is 5.69 Å². The van der Waals surface area contributed by atoms with E-state index in [0.29, 0.717) is 11.9 Å². The molecule has 1 heterocycles. The zero-order chi connectivity index (χ0) is 20.5. The number of nitro groups is 1. The Kier molecular flexibility index (Phi) is 5.28. The van der Waals surface area contributed by atoms with Gasteiger partial charge in [0.1, 0.15) is 17.6 Å². The first-order valence-corrected chi connectivity index (χ1v) is 8.40. The lowest BCUT2D eigenvalue weighted by molar-refractivity contribution is -0.384. The highest BCUT2D eigenvalue weighted by Gasteiger charge is 2.36. The maximum Gasteiger partial charge on any atom is 0.418 e. The molecule has 1 atom stereocenters. The zero-order valence-electron chi connectivity index (χ0n) is 14.4. The highest BCUT2D eigenvalue weighted by Crippen LogP contribution is 2.41. The molecule has 0 amide bonds. The van der Waals surface area contributed by atoms with Gasteiger partial charge >= 0.3 is 6.18 Å². The fourth-order valence-corrected chi connectivity index (χ4v) is 3.07. The molecule has 1 N–H and O–H groups in total. The van der Waals surface area contributed by atoms with Gasteiger partial charge in [0.15, 0.2) is 0 Å². The molecule has 0 spiro atoms. The van der Waals surface area contributed by atoms with E-state index in [1.165, 1.54) is 0 Å². The molecule has 3 aromatic rings. The number of hydrogen-bond acceptors (Lipinski definition) is 4. The average Bonchev–Trinajstić information content (AvgIpc) is 3.04. The molecule has 0 saturated heterocycles. The van der Waals surface area contributed by atoms with E-state index in [4.69, 9.17) is 11.6 Å². The average molecular weight is 411 g/mol. The summed E-state index contributed by atoms with van der Waals surface area (Å²) in [4.78, 5) is 14.8. The minimum absolute atomic E-state index is 0.139. The second kappa shape index (κ2) is 7.51. The van der Waals surface area contributed by atoms with Crippen molar-refractivity contribution in [2.24, 2.45) is 7.05 Å². The molecule has 1 aromatic heterocycles. The van der Waals surface area contributed by atoms with Crippen LogP contribution in [0.3, 0.4) is 0 Å². The van der Waals surface area contributed by atoms with Crippen LogP contribution in [0.15, 0.2) is 54.9 Å². The van der Waals surface area contributed by atoms with Crippen LogP contribution in [0.2, 0.25) is 5.02 Å². The van der Waals surface area contributed by atoms with Gasteiger partial charge in [-0.05, 0) is 11.6 Å². The lowest BCUT2D eigenvalue weighted by Gasteiger charge is -2.21. The van der Waals surface area contributed by atoms with Crippen LogP contribution in [0, 0.1) is 10.1 Å². The zero-order valence-corrected chi connectivity index (χ0v) is 15.2. The van der Waals surface area contributed by atoms with Crippen LogP contribution >= 0.6 is 11.6 Å². The van der Waals surface area contributed by atoms with Gasteiger partial charge in [0, 0.05) is 25.5 Å². The number of benzene rings is 2. The van der Waals surface area contributed by atoms with E-state index in [0.717, 1.165) is 11.6 Å². The fourth-order valence-electron chi connectivity index (χ4n) is 2.80. The summed E-state index contributed by atoms with van der Waals surface area (Å²) in [6.45, 7) is 0. The Morgan fingerprint density at radius 3 is 2.46 bits per heavy atom. The molecule has 6 nitrogen and oxygen atoms in total. The summed E-state index contributed by atoms with van der Waals surface area (Å²) < 4.78 is 41.0. The maximum absolute atomic E-state index is 13.1. The molecule has 0 bridgehead atoms. The quantitative estimate of drug-likeness (QED) is 0.463. The molecule has 0 fully saturated rings. The molecular weight excluding hydrogens is 397 g/mol. The van der Waals surface area contributed by atoms with Crippen molar-refractivity contribution in [3.05, 3.63) is 86.9 Å². The second-order valence-corrected chi connectivity index (χ2v) is 6.40. The van der Waals surface area contributed by atoms with Crippen LogP contribution in [0.1, 0.15) is 23.0 Å². The van der Waals surface area contributed by atoms with E-state index in [1.807, 2.05) is 0 Å². The second-order valence-electron chi connectivity index (χ2n) is 5.99. The molecule has 0 aliphatic carbocycles. The number of imidazole rings is 1. The molecule has 0 saturated carbocycles. The van der Waals surface area contributed by atoms with E-state index in [2.05, 4.69) is 10.3 Å². The summed E-state index contributed by atoms with van der Waals surface area (Å²) in [5.74, 6) is 0.525. The van der Waals surface area contributed by atoms with Crippen LogP contribution in [-0.4, -0.2) is 14.5 Å². The third-order valence-electron chi connectivity index (χ3n) is 4.14. The number of hydrogen-bond donors (Lipinski definition) is 1. The van der Waals surface area contributed by atoms with Gasteiger partial charge in [0.2, 0.25) is 0 Å². The predicted octanol–water partition coefficient (Wildman–Crippen LogP) is 5.20. The highest BCUT2D eigenvalue weighted by atomic mass is 35.5. The smallest absolute Gasteiger partial charge is 0.366 e. The first-order valence-electron chi connectivity index (χ1n) is 8.02. The van der Waals surface area contributed by atoms with Gasteiger partial charge in [-0.1, -0.05) is 41.9 Å². The molecule has 10 heteroatoms.